The van der Waals surface area contributed by atoms with Crippen molar-refractivity contribution >= 4 is 29.6 Å². The molecule has 1 aromatic heterocycles. The molecule has 0 fully saturated rings. The number of amides is 1. The number of ether oxygens (including phenoxy) is 2. The van der Waals surface area contributed by atoms with Crippen LogP contribution in [-0.4, -0.2) is 36.5 Å². The number of carbonyl (C=O) groups is 1. The lowest BCUT2D eigenvalue weighted by Crippen LogP contribution is -2.09. The van der Waals surface area contributed by atoms with Crippen molar-refractivity contribution in [3.05, 3.63) is 27.5 Å². The second-order valence-electron chi connectivity index (χ2n) is 4.89. The Morgan fingerprint density at radius 1 is 1.44 bits per heavy atom. The van der Waals surface area contributed by atoms with Crippen LogP contribution in [0.5, 0.6) is 11.6 Å². The number of carbonyl (C=O) groups excluding carboxylic acids is 1. The standard InChI is InChI=1S/C16H12Cl2F3N3O3/c1-24-15(27-16(20)21)12(18)13(23-24)11-8(4-3-5-22-7-25)14(26-2)9(17)6-10(11)19/h6-7,16H,5H2,1-2H3,(H,22,25). The van der Waals surface area contributed by atoms with Crippen molar-refractivity contribution in [2.75, 3.05) is 13.7 Å². The van der Waals surface area contributed by atoms with Gasteiger partial charge >= 0.3 is 6.61 Å². The Bertz CT molecular complexity index is 923. The van der Waals surface area contributed by atoms with Crippen LogP contribution in [0.2, 0.25) is 10.0 Å². The van der Waals surface area contributed by atoms with E-state index in [2.05, 4.69) is 27.0 Å². The number of alkyl halides is 2. The molecule has 6 nitrogen and oxygen atoms in total. The molecule has 0 radical (unpaired) electrons. The third-order valence-electron chi connectivity index (χ3n) is 3.25. The average molecular weight is 422 g/mol. The maximum absolute atomic E-state index is 14.7. The Balaban J connectivity index is 2.72. The number of rotatable bonds is 6. The van der Waals surface area contributed by atoms with Gasteiger partial charge in [0.2, 0.25) is 12.3 Å². The summed E-state index contributed by atoms with van der Waals surface area (Å²) in [5.41, 5.74) is -0.409. The number of benzene rings is 1. The Kier molecular flexibility index (Phi) is 6.82. The highest BCUT2D eigenvalue weighted by Gasteiger charge is 2.27. The van der Waals surface area contributed by atoms with Crippen LogP contribution in [0.25, 0.3) is 11.3 Å². The van der Waals surface area contributed by atoms with Gasteiger partial charge in [0.15, 0.2) is 5.75 Å². The third kappa shape index (κ3) is 4.40. The summed E-state index contributed by atoms with van der Waals surface area (Å²) in [6, 6.07) is 0.962. The van der Waals surface area contributed by atoms with E-state index in [0.717, 1.165) is 10.7 Å². The van der Waals surface area contributed by atoms with E-state index in [1.54, 1.807) is 0 Å². The zero-order valence-corrected chi connectivity index (χ0v) is 15.5. The lowest BCUT2D eigenvalue weighted by atomic mass is 10.0. The van der Waals surface area contributed by atoms with E-state index in [0.29, 0.717) is 6.41 Å². The number of nitrogens with one attached hydrogen (secondary N) is 1. The maximum Gasteiger partial charge on any atom is 0.388 e. The van der Waals surface area contributed by atoms with Gasteiger partial charge in [-0.05, 0) is 6.07 Å². The quantitative estimate of drug-likeness (QED) is 0.441. The highest BCUT2D eigenvalue weighted by Crippen LogP contribution is 2.42. The van der Waals surface area contributed by atoms with Crippen molar-refractivity contribution in [2.45, 2.75) is 6.61 Å². The van der Waals surface area contributed by atoms with Gasteiger partial charge in [-0.15, -0.1) is 0 Å². The fourth-order valence-electron chi connectivity index (χ4n) is 2.23. The van der Waals surface area contributed by atoms with Gasteiger partial charge in [0.25, 0.3) is 0 Å². The number of nitrogens with zero attached hydrogens (tertiary/aromatic N) is 2. The molecule has 0 unspecified atom stereocenters. The molecule has 2 aromatic rings. The first-order chi connectivity index (χ1) is 12.8. The summed E-state index contributed by atoms with van der Waals surface area (Å²) < 4.78 is 50.3. The van der Waals surface area contributed by atoms with Crippen molar-refractivity contribution < 1.29 is 27.4 Å². The van der Waals surface area contributed by atoms with Crippen LogP contribution in [-0.2, 0) is 11.8 Å². The van der Waals surface area contributed by atoms with Crippen molar-refractivity contribution in [3.63, 3.8) is 0 Å². The molecule has 0 aliphatic carbocycles. The molecule has 0 saturated carbocycles. The van der Waals surface area contributed by atoms with Crippen LogP contribution in [0.3, 0.4) is 0 Å². The summed E-state index contributed by atoms with van der Waals surface area (Å²) in [7, 11) is 2.60. The first-order valence-electron chi connectivity index (χ1n) is 7.21. The monoisotopic (exact) mass is 421 g/mol. The second kappa shape index (κ2) is 8.88. The summed E-state index contributed by atoms with van der Waals surface area (Å²) in [5.74, 6) is 3.95. The van der Waals surface area contributed by atoms with E-state index in [1.807, 2.05) is 0 Å². The Hall–Kier alpha value is -2.57. The smallest absolute Gasteiger partial charge is 0.388 e. The van der Waals surface area contributed by atoms with Crippen molar-refractivity contribution in [3.8, 4) is 34.7 Å². The van der Waals surface area contributed by atoms with Gasteiger partial charge in [-0.3, -0.25) is 4.79 Å². The second-order valence-corrected chi connectivity index (χ2v) is 5.68. The van der Waals surface area contributed by atoms with Gasteiger partial charge in [0, 0.05) is 7.05 Å². The van der Waals surface area contributed by atoms with Crippen LogP contribution in [0.4, 0.5) is 13.2 Å². The molecule has 0 saturated heterocycles. The van der Waals surface area contributed by atoms with E-state index in [9.17, 15) is 18.0 Å². The minimum Gasteiger partial charge on any atom is -0.494 e. The van der Waals surface area contributed by atoms with Crippen LogP contribution in [0, 0.1) is 17.7 Å². The highest BCUT2D eigenvalue weighted by molar-refractivity contribution is 6.35. The molecule has 1 amide bonds. The summed E-state index contributed by atoms with van der Waals surface area (Å²) in [6.07, 6.45) is 0.439. The summed E-state index contributed by atoms with van der Waals surface area (Å²) in [4.78, 5) is 10.3. The molecule has 1 aromatic carbocycles. The molecule has 2 rings (SSSR count). The molecule has 0 atom stereocenters. The van der Waals surface area contributed by atoms with Crippen molar-refractivity contribution in [1.82, 2.24) is 15.1 Å². The van der Waals surface area contributed by atoms with Crippen LogP contribution in [0.1, 0.15) is 5.56 Å². The molecule has 1 N–H and O–H groups in total. The first kappa shape index (κ1) is 20.7. The van der Waals surface area contributed by atoms with E-state index in [1.165, 1.54) is 14.2 Å². The van der Waals surface area contributed by atoms with Gasteiger partial charge < -0.3 is 14.8 Å². The predicted octanol–water partition coefficient (Wildman–Crippen LogP) is 3.24. The number of halogens is 5. The first-order valence-corrected chi connectivity index (χ1v) is 7.96. The average Bonchev–Trinajstić information content (AvgIpc) is 2.86. The summed E-state index contributed by atoms with van der Waals surface area (Å²) in [5, 5.41) is 5.87. The van der Waals surface area contributed by atoms with Gasteiger partial charge in [0.1, 0.15) is 16.5 Å². The van der Waals surface area contributed by atoms with Gasteiger partial charge in [-0.1, -0.05) is 35.0 Å². The number of hydrogen-bond acceptors (Lipinski definition) is 4. The molecular formula is C16H12Cl2F3N3O3. The Morgan fingerprint density at radius 2 is 2.15 bits per heavy atom. The van der Waals surface area contributed by atoms with Crippen LogP contribution >= 0.6 is 23.2 Å². The van der Waals surface area contributed by atoms with Crippen LogP contribution < -0.4 is 14.8 Å². The lowest BCUT2D eigenvalue weighted by Gasteiger charge is -2.11. The van der Waals surface area contributed by atoms with Gasteiger partial charge in [0.05, 0.1) is 29.8 Å². The van der Waals surface area contributed by atoms with Gasteiger partial charge in [-0.25, -0.2) is 9.07 Å². The molecule has 144 valence electrons. The third-order valence-corrected chi connectivity index (χ3v) is 3.88. The lowest BCUT2D eigenvalue weighted by molar-refractivity contribution is -0.109. The summed E-state index contributed by atoms with van der Waals surface area (Å²) in [6.45, 7) is -3.18. The van der Waals surface area contributed by atoms with E-state index in [-0.39, 0.29) is 39.2 Å². The zero-order valence-electron chi connectivity index (χ0n) is 13.9. The molecule has 11 heteroatoms. The number of aryl methyl sites for hydroxylation is 1. The van der Waals surface area contributed by atoms with Gasteiger partial charge in [-0.2, -0.15) is 13.9 Å². The number of methoxy groups -OCH3 is 1. The molecule has 0 bridgehead atoms. The molecule has 0 aliphatic rings. The van der Waals surface area contributed by atoms with Crippen molar-refractivity contribution in [2.24, 2.45) is 7.05 Å². The molecule has 27 heavy (non-hydrogen) atoms. The highest BCUT2D eigenvalue weighted by atomic mass is 35.5. The molecule has 1 heterocycles. The summed E-state index contributed by atoms with van der Waals surface area (Å²) >= 11 is 12.1. The minimum atomic E-state index is -3.15. The SMILES string of the molecule is COc1c(Cl)cc(F)c(-c2nn(C)c(OC(F)F)c2Cl)c1C#CCNC=O. The largest absolute Gasteiger partial charge is 0.494 e. The molecule has 0 spiro atoms. The van der Waals surface area contributed by atoms with E-state index < -0.39 is 18.3 Å². The maximum atomic E-state index is 14.7. The molecular weight excluding hydrogens is 410 g/mol. The fourth-order valence-corrected chi connectivity index (χ4v) is 2.80. The Morgan fingerprint density at radius 3 is 2.74 bits per heavy atom. The van der Waals surface area contributed by atoms with Crippen LogP contribution in [0.15, 0.2) is 6.07 Å². The fraction of sp³-hybridized carbons (Fsp3) is 0.250. The van der Waals surface area contributed by atoms with Crippen molar-refractivity contribution in [1.29, 1.82) is 0 Å². The number of aromatic nitrogens is 2. The predicted molar refractivity (Wildman–Crippen MR) is 92.8 cm³/mol. The topological polar surface area (TPSA) is 65.4 Å². The van der Waals surface area contributed by atoms with E-state index >= 15 is 0 Å². The minimum absolute atomic E-state index is 0.0150. The normalized spacial score (nSPS) is 10.4. The Labute approximate surface area is 162 Å². The zero-order chi connectivity index (χ0) is 20.1. The number of hydrogen-bond donors (Lipinski definition) is 1. The van der Waals surface area contributed by atoms with E-state index in [4.69, 9.17) is 27.9 Å². The molecule has 0 aliphatic heterocycles.